The maximum atomic E-state index is 12.2. The molecule has 2 aromatic rings. The molecule has 0 aromatic heterocycles. The fourth-order valence-corrected chi connectivity index (χ4v) is 2.32. The van der Waals surface area contributed by atoms with Crippen LogP contribution in [0.4, 0.5) is 4.79 Å². The van der Waals surface area contributed by atoms with E-state index in [2.05, 4.69) is 21.2 Å². The molecule has 0 spiro atoms. The first-order chi connectivity index (χ1) is 10.1. The van der Waals surface area contributed by atoms with Crippen molar-refractivity contribution in [2.75, 3.05) is 7.05 Å². The zero-order valence-corrected chi connectivity index (χ0v) is 13.8. The molecule has 2 amide bonds. The van der Waals surface area contributed by atoms with Crippen LogP contribution in [-0.2, 0) is 6.54 Å². The summed E-state index contributed by atoms with van der Waals surface area (Å²) in [5.74, 6) is 0. The van der Waals surface area contributed by atoms with Crippen molar-refractivity contribution in [2.24, 2.45) is 0 Å². The third kappa shape index (κ3) is 4.60. The second-order valence-electron chi connectivity index (χ2n) is 5.06. The van der Waals surface area contributed by atoms with Gasteiger partial charge in [0.15, 0.2) is 0 Å². The van der Waals surface area contributed by atoms with E-state index in [9.17, 15) is 4.79 Å². The average molecular weight is 347 g/mol. The number of nitrogens with zero attached hydrogens (tertiary/aromatic N) is 1. The zero-order valence-electron chi connectivity index (χ0n) is 12.2. The average Bonchev–Trinajstić information content (AvgIpc) is 2.48. The minimum atomic E-state index is -0.0747. The Hall–Kier alpha value is -1.81. The number of carbonyl (C=O) groups is 1. The topological polar surface area (TPSA) is 32.3 Å². The van der Waals surface area contributed by atoms with Gasteiger partial charge < -0.3 is 10.2 Å². The van der Waals surface area contributed by atoms with E-state index in [1.54, 1.807) is 11.9 Å². The molecular weight excluding hydrogens is 328 g/mol. The van der Waals surface area contributed by atoms with Gasteiger partial charge in [-0.1, -0.05) is 58.4 Å². The van der Waals surface area contributed by atoms with Crippen LogP contribution < -0.4 is 5.32 Å². The Labute approximate surface area is 134 Å². The summed E-state index contributed by atoms with van der Waals surface area (Å²) in [6, 6.07) is 17.8. The van der Waals surface area contributed by atoms with E-state index in [0.717, 1.165) is 15.6 Å². The summed E-state index contributed by atoms with van der Waals surface area (Å²) >= 11 is 3.41. The Bertz CT molecular complexity index is 583. The molecule has 110 valence electrons. The fourth-order valence-electron chi connectivity index (χ4n) is 2.06. The number of hydrogen-bond acceptors (Lipinski definition) is 1. The van der Waals surface area contributed by atoms with Crippen molar-refractivity contribution >= 4 is 22.0 Å². The number of amides is 2. The smallest absolute Gasteiger partial charge is 0.317 e. The summed E-state index contributed by atoms with van der Waals surface area (Å²) in [6.45, 7) is 2.58. The molecule has 0 saturated carbocycles. The molecule has 3 nitrogen and oxygen atoms in total. The minimum absolute atomic E-state index is 0.0242. The summed E-state index contributed by atoms with van der Waals surface area (Å²) in [5.41, 5.74) is 2.20. The monoisotopic (exact) mass is 346 g/mol. The first-order valence-electron chi connectivity index (χ1n) is 6.87. The van der Waals surface area contributed by atoms with Gasteiger partial charge in [0, 0.05) is 18.1 Å². The van der Waals surface area contributed by atoms with Crippen LogP contribution in [0.15, 0.2) is 59.1 Å². The highest BCUT2D eigenvalue weighted by atomic mass is 79.9. The number of hydrogen-bond donors (Lipinski definition) is 1. The van der Waals surface area contributed by atoms with E-state index in [-0.39, 0.29) is 12.1 Å². The molecule has 4 heteroatoms. The molecule has 0 heterocycles. The molecule has 0 aliphatic carbocycles. The first kappa shape index (κ1) is 15.6. The fraction of sp³-hybridized carbons (Fsp3) is 0.235. The van der Waals surface area contributed by atoms with Gasteiger partial charge in [-0.25, -0.2) is 4.79 Å². The quantitative estimate of drug-likeness (QED) is 0.876. The maximum absolute atomic E-state index is 12.2. The Morgan fingerprint density at radius 2 is 1.76 bits per heavy atom. The van der Waals surface area contributed by atoms with Gasteiger partial charge in [0.2, 0.25) is 0 Å². The van der Waals surface area contributed by atoms with Crippen LogP contribution >= 0.6 is 15.9 Å². The highest BCUT2D eigenvalue weighted by Crippen LogP contribution is 2.16. The Balaban J connectivity index is 1.92. The lowest BCUT2D eigenvalue weighted by molar-refractivity contribution is 0.203. The standard InChI is InChI=1S/C17H19BrN2O/c1-13(15-8-10-16(18)11-9-15)19-17(21)20(2)12-14-6-4-3-5-7-14/h3-11,13H,12H2,1-2H3,(H,19,21). The second-order valence-corrected chi connectivity index (χ2v) is 5.98. The van der Waals surface area contributed by atoms with Crippen LogP contribution in [0, 0.1) is 0 Å². The largest absolute Gasteiger partial charge is 0.331 e. The molecular formula is C17H19BrN2O. The van der Waals surface area contributed by atoms with E-state index in [1.807, 2.05) is 61.5 Å². The summed E-state index contributed by atoms with van der Waals surface area (Å²) < 4.78 is 1.03. The van der Waals surface area contributed by atoms with Crippen LogP contribution in [0.2, 0.25) is 0 Å². The van der Waals surface area contributed by atoms with E-state index < -0.39 is 0 Å². The third-order valence-corrected chi connectivity index (χ3v) is 3.85. The van der Waals surface area contributed by atoms with Gasteiger partial charge >= 0.3 is 6.03 Å². The van der Waals surface area contributed by atoms with Gasteiger partial charge in [-0.2, -0.15) is 0 Å². The predicted molar refractivity (Wildman–Crippen MR) is 89.0 cm³/mol. The van der Waals surface area contributed by atoms with Crippen molar-refractivity contribution < 1.29 is 4.79 Å². The molecule has 0 radical (unpaired) electrons. The lowest BCUT2D eigenvalue weighted by atomic mass is 10.1. The SMILES string of the molecule is CC(NC(=O)N(C)Cc1ccccc1)c1ccc(Br)cc1. The molecule has 0 fully saturated rings. The van der Waals surface area contributed by atoms with Gasteiger partial charge in [-0.15, -0.1) is 0 Å². The summed E-state index contributed by atoms with van der Waals surface area (Å²) in [4.78, 5) is 13.9. The number of halogens is 1. The Morgan fingerprint density at radius 1 is 1.14 bits per heavy atom. The van der Waals surface area contributed by atoms with Crippen molar-refractivity contribution in [2.45, 2.75) is 19.5 Å². The molecule has 2 aromatic carbocycles. The first-order valence-corrected chi connectivity index (χ1v) is 7.66. The van der Waals surface area contributed by atoms with E-state index >= 15 is 0 Å². The highest BCUT2D eigenvalue weighted by molar-refractivity contribution is 9.10. The number of nitrogens with one attached hydrogen (secondary N) is 1. The van der Waals surface area contributed by atoms with Crippen molar-refractivity contribution in [3.8, 4) is 0 Å². The molecule has 2 rings (SSSR count). The van der Waals surface area contributed by atoms with Crippen LogP contribution in [0.25, 0.3) is 0 Å². The van der Waals surface area contributed by atoms with Crippen LogP contribution in [0.3, 0.4) is 0 Å². The molecule has 0 aliphatic heterocycles. The number of rotatable bonds is 4. The minimum Gasteiger partial charge on any atom is -0.331 e. The Morgan fingerprint density at radius 3 is 2.38 bits per heavy atom. The van der Waals surface area contributed by atoms with Gasteiger partial charge in [0.1, 0.15) is 0 Å². The Kier molecular flexibility index (Phi) is 5.39. The number of urea groups is 1. The molecule has 1 unspecified atom stereocenters. The summed E-state index contributed by atoms with van der Waals surface area (Å²) in [7, 11) is 1.80. The molecule has 0 saturated heterocycles. The lowest BCUT2D eigenvalue weighted by Gasteiger charge is -2.21. The van der Waals surface area contributed by atoms with E-state index in [0.29, 0.717) is 6.54 Å². The normalized spacial score (nSPS) is 11.8. The number of carbonyl (C=O) groups excluding carboxylic acids is 1. The van der Waals surface area contributed by atoms with Crippen molar-refractivity contribution in [3.05, 3.63) is 70.2 Å². The van der Waals surface area contributed by atoms with Crippen LogP contribution in [0.1, 0.15) is 24.1 Å². The lowest BCUT2D eigenvalue weighted by Crippen LogP contribution is -2.38. The summed E-state index contributed by atoms with van der Waals surface area (Å²) in [6.07, 6.45) is 0. The zero-order chi connectivity index (χ0) is 15.2. The third-order valence-electron chi connectivity index (χ3n) is 3.32. The van der Waals surface area contributed by atoms with Crippen molar-refractivity contribution in [1.29, 1.82) is 0 Å². The van der Waals surface area contributed by atoms with Crippen LogP contribution in [-0.4, -0.2) is 18.0 Å². The molecule has 1 atom stereocenters. The molecule has 0 bridgehead atoms. The van der Waals surface area contributed by atoms with Crippen molar-refractivity contribution in [3.63, 3.8) is 0 Å². The summed E-state index contributed by atoms with van der Waals surface area (Å²) in [5, 5.41) is 3.01. The second kappa shape index (κ2) is 7.27. The van der Waals surface area contributed by atoms with E-state index in [4.69, 9.17) is 0 Å². The van der Waals surface area contributed by atoms with E-state index in [1.165, 1.54) is 0 Å². The predicted octanol–water partition coefficient (Wildman–Crippen LogP) is 4.35. The van der Waals surface area contributed by atoms with Crippen molar-refractivity contribution in [1.82, 2.24) is 10.2 Å². The maximum Gasteiger partial charge on any atom is 0.317 e. The van der Waals surface area contributed by atoms with Crippen LogP contribution in [0.5, 0.6) is 0 Å². The molecule has 21 heavy (non-hydrogen) atoms. The molecule has 0 aliphatic rings. The van der Waals surface area contributed by atoms with Gasteiger partial charge in [0.05, 0.1) is 6.04 Å². The van der Waals surface area contributed by atoms with Gasteiger partial charge in [-0.05, 0) is 30.2 Å². The number of benzene rings is 2. The van der Waals surface area contributed by atoms with Gasteiger partial charge in [0.25, 0.3) is 0 Å². The molecule has 1 N–H and O–H groups in total. The highest BCUT2D eigenvalue weighted by Gasteiger charge is 2.13. The van der Waals surface area contributed by atoms with Gasteiger partial charge in [-0.3, -0.25) is 0 Å².